The average molecular weight is 445 g/mol. The van der Waals surface area contributed by atoms with E-state index in [9.17, 15) is 4.79 Å². The van der Waals surface area contributed by atoms with Crippen molar-refractivity contribution in [3.05, 3.63) is 118 Å². The second-order valence-corrected chi connectivity index (χ2v) is 7.33. The molecule has 0 amide bonds. The van der Waals surface area contributed by atoms with Gasteiger partial charge in [-0.3, -0.25) is 10.2 Å². The van der Waals surface area contributed by atoms with Crippen molar-refractivity contribution in [1.29, 1.82) is 0 Å². The van der Waals surface area contributed by atoms with Crippen LogP contribution in [0.3, 0.4) is 0 Å². The Hall–Kier alpha value is -3.90. The molecule has 0 fully saturated rings. The molecular formula is C25H21ClN4O2. The quantitative estimate of drug-likeness (QED) is 0.308. The fourth-order valence-electron chi connectivity index (χ4n) is 3.02. The van der Waals surface area contributed by atoms with E-state index in [0.29, 0.717) is 18.0 Å². The third kappa shape index (κ3) is 5.42. The monoisotopic (exact) mass is 444 g/mol. The fourth-order valence-corrected chi connectivity index (χ4v) is 3.19. The number of nitrogens with zero attached hydrogens (tertiary/aromatic N) is 3. The summed E-state index contributed by atoms with van der Waals surface area (Å²) in [6.07, 6.45) is 3.95. The zero-order valence-corrected chi connectivity index (χ0v) is 17.9. The number of ether oxygens (including phenoxy) is 1. The summed E-state index contributed by atoms with van der Waals surface area (Å²) in [7, 11) is 0. The SMILES string of the molecule is O=c1c(Cl)c(N/N=C/c2ccc(OCCc3ccccc3)cc2)cnn1-c1ccccc1. The van der Waals surface area contributed by atoms with Crippen molar-refractivity contribution < 1.29 is 4.74 Å². The number of para-hydroxylation sites is 1. The zero-order chi connectivity index (χ0) is 22.2. The number of rotatable bonds is 8. The Labute approximate surface area is 190 Å². The molecule has 0 radical (unpaired) electrons. The van der Waals surface area contributed by atoms with E-state index in [0.717, 1.165) is 17.7 Å². The average Bonchev–Trinajstić information content (AvgIpc) is 2.84. The van der Waals surface area contributed by atoms with Crippen molar-refractivity contribution in [2.45, 2.75) is 6.42 Å². The van der Waals surface area contributed by atoms with Gasteiger partial charge in [-0.2, -0.15) is 14.9 Å². The molecule has 6 nitrogen and oxygen atoms in total. The summed E-state index contributed by atoms with van der Waals surface area (Å²) in [5, 5.41) is 8.34. The molecule has 4 rings (SSSR count). The predicted octanol–water partition coefficient (Wildman–Crippen LogP) is 4.95. The van der Waals surface area contributed by atoms with Crippen molar-refractivity contribution >= 4 is 23.5 Å². The maximum atomic E-state index is 12.5. The van der Waals surface area contributed by atoms with Crippen LogP contribution in [0.1, 0.15) is 11.1 Å². The number of benzene rings is 3. The van der Waals surface area contributed by atoms with Gasteiger partial charge in [-0.05, 0) is 47.5 Å². The number of aromatic nitrogens is 2. The molecule has 4 aromatic rings. The van der Waals surface area contributed by atoms with Gasteiger partial charge in [0.25, 0.3) is 5.56 Å². The molecule has 32 heavy (non-hydrogen) atoms. The molecule has 0 atom stereocenters. The van der Waals surface area contributed by atoms with Gasteiger partial charge in [-0.1, -0.05) is 60.1 Å². The Balaban J connectivity index is 1.34. The van der Waals surface area contributed by atoms with Gasteiger partial charge < -0.3 is 4.74 Å². The van der Waals surface area contributed by atoms with E-state index in [1.807, 2.05) is 60.7 Å². The maximum absolute atomic E-state index is 12.5. The number of nitrogens with one attached hydrogen (secondary N) is 1. The van der Waals surface area contributed by atoms with Crippen LogP contribution in [-0.2, 0) is 6.42 Å². The van der Waals surface area contributed by atoms with Gasteiger partial charge in [0.2, 0.25) is 0 Å². The highest BCUT2D eigenvalue weighted by molar-refractivity contribution is 6.32. The van der Waals surface area contributed by atoms with Gasteiger partial charge in [-0.25, -0.2) is 0 Å². The van der Waals surface area contributed by atoms with Crippen LogP contribution >= 0.6 is 11.6 Å². The number of hydrogen-bond acceptors (Lipinski definition) is 5. The van der Waals surface area contributed by atoms with Crippen molar-refractivity contribution in [2.24, 2.45) is 5.10 Å². The molecule has 1 heterocycles. The van der Waals surface area contributed by atoms with E-state index in [1.165, 1.54) is 16.4 Å². The van der Waals surface area contributed by atoms with Crippen molar-refractivity contribution in [3.63, 3.8) is 0 Å². The van der Waals surface area contributed by atoms with Crippen molar-refractivity contribution in [3.8, 4) is 11.4 Å². The fraction of sp³-hybridized carbons (Fsp3) is 0.0800. The maximum Gasteiger partial charge on any atom is 0.292 e. The van der Waals surface area contributed by atoms with Gasteiger partial charge in [0.1, 0.15) is 16.5 Å². The molecule has 0 bridgehead atoms. The number of halogens is 1. The van der Waals surface area contributed by atoms with E-state index in [4.69, 9.17) is 16.3 Å². The Morgan fingerprint density at radius 1 is 0.969 bits per heavy atom. The molecule has 0 spiro atoms. The minimum atomic E-state index is -0.421. The van der Waals surface area contributed by atoms with Crippen LogP contribution in [0.25, 0.3) is 5.69 Å². The Morgan fingerprint density at radius 3 is 2.38 bits per heavy atom. The zero-order valence-electron chi connectivity index (χ0n) is 17.2. The lowest BCUT2D eigenvalue weighted by molar-refractivity contribution is 0.322. The van der Waals surface area contributed by atoms with Gasteiger partial charge in [0.15, 0.2) is 0 Å². The highest BCUT2D eigenvalue weighted by Gasteiger charge is 2.09. The normalized spacial score (nSPS) is 10.9. The Bertz CT molecular complexity index is 1240. The first kappa shape index (κ1) is 21.3. The molecule has 0 aliphatic rings. The smallest absolute Gasteiger partial charge is 0.292 e. The van der Waals surface area contributed by atoms with Gasteiger partial charge in [0, 0.05) is 6.42 Å². The molecule has 0 unspecified atom stereocenters. The van der Waals surface area contributed by atoms with Crippen LogP contribution in [0.5, 0.6) is 5.75 Å². The summed E-state index contributed by atoms with van der Waals surface area (Å²) in [4.78, 5) is 12.5. The van der Waals surface area contributed by atoms with Crippen LogP contribution < -0.4 is 15.7 Å². The molecule has 7 heteroatoms. The molecule has 1 N–H and O–H groups in total. The highest BCUT2D eigenvalue weighted by atomic mass is 35.5. The summed E-state index contributed by atoms with van der Waals surface area (Å²) >= 11 is 6.22. The summed E-state index contributed by atoms with van der Waals surface area (Å²) in [6.45, 7) is 0.610. The largest absolute Gasteiger partial charge is 0.493 e. The van der Waals surface area contributed by atoms with Crippen LogP contribution in [0.4, 0.5) is 5.69 Å². The standard InChI is InChI=1S/C25H21ClN4O2/c26-24-23(18-28-30(25(24)31)21-9-5-2-6-10-21)29-27-17-20-11-13-22(14-12-20)32-16-15-19-7-3-1-4-8-19/h1-14,17-18,29H,15-16H2/b27-17+. The molecule has 1 aromatic heterocycles. The molecule has 0 saturated carbocycles. The van der Waals surface area contributed by atoms with E-state index in [2.05, 4.69) is 27.8 Å². The summed E-state index contributed by atoms with van der Waals surface area (Å²) in [6, 6.07) is 26.9. The van der Waals surface area contributed by atoms with Gasteiger partial charge in [0.05, 0.1) is 24.7 Å². The molecule has 3 aromatic carbocycles. The summed E-state index contributed by atoms with van der Waals surface area (Å²) in [5.74, 6) is 0.794. The predicted molar refractivity (Wildman–Crippen MR) is 128 cm³/mol. The summed E-state index contributed by atoms with van der Waals surface area (Å²) in [5.41, 5.74) is 5.44. The first-order valence-electron chi connectivity index (χ1n) is 10.1. The molecular weight excluding hydrogens is 424 g/mol. The van der Waals surface area contributed by atoms with E-state index in [-0.39, 0.29) is 5.02 Å². The van der Waals surface area contributed by atoms with Crippen LogP contribution in [0.15, 0.2) is 101 Å². The first-order valence-corrected chi connectivity index (χ1v) is 10.5. The lowest BCUT2D eigenvalue weighted by Crippen LogP contribution is -2.22. The van der Waals surface area contributed by atoms with Crippen molar-refractivity contribution in [1.82, 2.24) is 9.78 Å². The lowest BCUT2D eigenvalue weighted by Gasteiger charge is -2.08. The molecule has 0 saturated heterocycles. The first-order chi connectivity index (χ1) is 15.7. The van der Waals surface area contributed by atoms with Crippen LogP contribution in [0, 0.1) is 0 Å². The number of anilines is 1. The summed E-state index contributed by atoms with van der Waals surface area (Å²) < 4.78 is 7.04. The topological polar surface area (TPSA) is 68.5 Å². The number of hydrogen-bond donors (Lipinski definition) is 1. The minimum absolute atomic E-state index is 0.0168. The highest BCUT2D eigenvalue weighted by Crippen LogP contribution is 2.17. The minimum Gasteiger partial charge on any atom is -0.493 e. The van der Waals surface area contributed by atoms with E-state index in [1.54, 1.807) is 18.3 Å². The molecule has 0 aliphatic carbocycles. The van der Waals surface area contributed by atoms with Crippen molar-refractivity contribution in [2.75, 3.05) is 12.0 Å². The van der Waals surface area contributed by atoms with Crippen LogP contribution in [-0.4, -0.2) is 22.6 Å². The second-order valence-electron chi connectivity index (χ2n) is 6.95. The lowest BCUT2D eigenvalue weighted by atomic mass is 10.2. The van der Waals surface area contributed by atoms with E-state index >= 15 is 0 Å². The van der Waals surface area contributed by atoms with E-state index < -0.39 is 5.56 Å². The number of hydrazone groups is 1. The second kappa shape index (κ2) is 10.4. The molecule has 160 valence electrons. The van der Waals surface area contributed by atoms with Gasteiger partial charge >= 0.3 is 0 Å². The Kier molecular flexibility index (Phi) is 6.94. The third-order valence-electron chi connectivity index (χ3n) is 4.70. The molecule has 0 aliphatic heterocycles. The Morgan fingerprint density at radius 2 is 1.66 bits per heavy atom. The van der Waals surface area contributed by atoms with Gasteiger partial charge in [-0.15, -0.1) is 0 Å². The van der Waals surface area contributed by atoms with Crippen LogP contribution in [0.2, 0.25) is 5.02 Å². The third-order valence-corrected chi connectivity index (χ3v) is 5.07.